The quantitative estimate of drug-likeness (QED) is 0.574. The van der Waals surface area contributed by atoms with Crippen molar-refractivity contribution in [1.29, 1.82) is 0 Å². The molecule has 0 aliphatic rings. The molecule has 8 nitrogen and oxygen atoms in total. The molecule has 0 saturated heterocycles. The third kappa shape index (κ3) is 3.07. The average Bonchev–Trinajstić information content (AvgIpc) is 2.96. The van der Waals surface area contributed by atoms with Gasteiger partial charge in [0, 0.05) is 24.1 Å². The predicted octanol–water partition coefficient (Wildman–Crippen LogP) is 2.24. The van der Waals surface area contributed by atoms with E-state index in [0.29, 0.717) is 10.1 Å². The van der Waals surface area contributed by atoms with E-state index in [0.717, 1.165) is 0 Å². The Morgan fingerprint density at radius 2 is 2.04 bits per heavy atom. The van der Waals surface area contributed by atoms with Crippen molar-refractivity contribution >= 4 is 11.5 Å². The highest BCUT2D eigenvalue weighted by Crippen LogP contribution is 2.26. The van der Waals surface area contributed by atoms with Crippen LogP contribution in [0.25, 0.3) is 5.78 Å². The normalized spacial score (nSPS) is 11.8. The number of benzene rings is 1. The Bertz CT molecular complexity index is 1040. The lowest BCUT2D eigenvalue weighted by atomic mass is 10.0. The third-order valence-electron chi connectivity index (χ3n) is 3.57. The number of hydrogen-bond acceptors (Lipinski definition) is 5. The summed E-state index contributed by atoms with van der Waals surface area (Å²) in [5, 5.41) is 12.7. The second-order valence-electron chi connectivity index (χ2n) is 5.29. The first-order valence-electron chi connectivity index (χ1n) is 6.95. The van der Waals surface area contributed by atoms with Crippen LogP contribution in [0.2, 0.25) is 0 Å². The van der Waals surface area contributed by atoms with Crippen LogP contribution in [0.15, 0.2) is 29.1 Å². The van der Waals surface area contributed by atoms with Gasteiger partial charge in [-0.1, -0.05) is 12.1 Å². The first-order chi connectivity index (χ1) is 11.7. The van der Waals surface area contributed by atoms with Crippen molar-refractivity contribution in [2.45, 2.75) is 19.5 Å². The summed E-state index contributed by atoms with van der Waals surface area (Å²) in [6.45, 7) is 1.47. The van der Waals surface area contributed by atoms with Gasteiger partial charge in [0.05, 0.1) is 10.6 Å². The van der Waals surface area contributed by atoms with Gasteiger partial charge in [-0.25, -0.2) is 4.98 Å². The molecule has 0 aliphatic carbocycles. The van der Waals surface area contributed by atoms with Crippen molar-refractivity contribution in [3.8, 4) is 0 Å². The fourth-order valence-electron chi connectivity index (χ4n) is 2.37. The van der Waals surface area contributed by atoms with E-state index in [9.17, 15) is 28.1 Å². The SMILES string of the molecule is Cc1nc2nc(C(F)(F)F)[nH]n2c(=O)c1Cc1cccc([N+](=O)[O-])c1. The zero-order chi connectivity index (χ0) is 18.4. The highest BCUT2D eigenvalue weighted by Gasteiger charge is 2.35. The number of rotatable bonds is 3. The van der Waals surface area contributed by atoms with Crippen LogP contribution >= 0.6 is 0 Å². The minimum absolute atomic E-state index is 0.0113. The number of aromatic nitrogens is 4. The van der Waals surface area contributed by atoms with Gasteiger partial charge in [0.15, 0.2) is 0 Å². The van der Waals surface area contributed by atoms with Crippen molar-refractivity contribution in [2.75, 3.05) is 0 Å². The molecule has 1 N–H and O–H groups in total. The maximum Gasteiger partial charge on any atom is 0.451 e. The smallest absolute Gasteiger partial charge is 0.267 e. The number of hydrogen-bond donors (Lipinski definition) is 1. The molecule has 0 unspecified atom stereocenters. The lowest BCUT2D eigenvalue weighted by molar-refractivity contribution is -0.384. The van der Waals surface area contributed by atoms with Crippen molar-refractivity contribution in [3.63, 3.8) is 0 Å². The van der Waals surface area contributed by atoms with Crippen LogP contribution in [0, 0.1) is 17.0 Å². The summed E-state index contributed by atoms with van der Waals surface area (Å²) in [7, 11) is 0. The van der Waals surface area contributed by atoms with E-state index < -0.39 is 28.3 Å². The molecule has 130 valence electrons. The van der Waals surface area contributed by atoms with Gasteiger partial charge >= 0.3 is 6.18 Å². The van der Waals surface area contributed by atoms with E-state index in [-0.39, 0.29) is 23.4 Å². The Labute approximate surface area is 137 Å². The number of alkyl halides is 3. The topological polar surface area (TPSA) is 106 Å². The second kappa shape index (κ2) is 5.69. The highest BCUT2D eigenvalue weighted by molar-refractivity contribution is 5.39. The molecule has 0 saturated carbocycles. The molecule has 0 spiro atoms. The van der Waals surface area contributed by atoms with Crippen LogP contribution in [0.4, 0.5) is 18.9 Å². The lowest BCUT2D eigenvalue weighted by Gasteiger charge is -2.05. The van der Waals surface area contributed by atoms with E-state index in [2.05, 4.69) is 9.97 Å². The summed E-state index contributed by atoms with van der Waals surface area (Å²) in [6, 6.07) is 5.64. The zero-order valence-corrected chi connectivity index (χ0v) is 12.7. The van der Waals surface area contributed by atoms with E-state index in [1.54, 1.807) is 6.07 Å². The Morgan fingerprint density at radius 1 is 1.32 bits per heavy atom. The number of halogens is 3. The number of fused-ring (bicyclic) bond motifs is 1. The Balaban J connectivity index is 2.09. The average molecular weight is 353 g/mol. The van der Waals surface area contributed by atoms with Gasteiger partial charge < -0.3 is 0 Å². The minimum atomic E-state index is -4.74. The molecule has 2 heterocycles. The molecule has 0 aliphatic heterocycles. The number of nitro groups is 1. The fraction of sp³-hybridized carbons (Fsp3) is 0.214. The first kappa shape index (κ1) is 16.6. The number of aromatic amines is 1. The summed E-state index contributed by atoms with van der Waals surface area (Å²) in [5.41, 5.74) is -0.0963. The number of nitro benzene ring substituents is 1. The fourth-order valence-corrected chi connectivity index (χ4v) is 2.37. The minimum Gasteiger partial charge on any atom is -0.267 e. The Hall–Kier alpha value is -3.24. The summed E-state index contributed by atoms with van der Waals surface area (Å²) in [5.74, 6) is -1.72. The summed E-state index contributed by atoms with van der Waals surface area (Å²) in [6.07, 6.45) is -4.75. The Morgan fingerprint density at radius 3 is 2.68 bits per heavy atom. The maximum absolute atomic E-state index is 12.7. The second-order valence-corrected chi connectivity index (χ2v) is 5.29. The van der Waals surface area contributed by atoms with Crippen LogP contribution in [0.3, 0.4) is 0 Å². The molecule has 3 rings (SSSR count). The number of nitrogens with one attached hydrogen (secondary N) is 1. The molecule has 11 heteroatoms. The molecule has 25 heavy (non-hydrogen) atoms. The van der Waals surface area contributed by atoms with Gasteiger partial charge in [-0.3, -0.25) is 20.0 Å². The van der Waals surface area contributed by atoms with Crippen LogP contribution in [0.5, 0.6) is 0 Å². The first-order valence-corrected chi connectivity index (χ1v) is 6.95. The Kier molecular flexibility index (Phi) is 3.78. The van der Waals surface area contributed by atoms with Gasteiger partial charge in [-0.15, -0.1) is 0 Å². The van der Waals surface area contributed by atoms with Gasteiger partial charge in [-0.2, -0.15) is 22.7 Å². The standard InChI is InChI=1S/C14H10F3N5O3/c1-7-10(6-8-3-2-4-9(5-8)22(24)25)11(23)21-13(18-7)19-12(20-21)14(15,16)17/h2-5H,6H2,1H3,(H,18,19,20). The van der Waals surface area contributed by atoms with E-state index in [1.807, 2.05) is 5.10 Å². The molecular weight excluding hydrogens is 343 g/mol. The number of non-ortho nitro benzene ring substituents is 1. The molecule has 0 radical (unpaired) electrons. The molecule has 2 aromatic heterocycles. The van der Waals surface area contributed by atoms with Crippen molar-refractivity contribution in [3.05, 3.63) is 67.4 Å². The van der Waals surface area contributed by atoms with Crippen molar-refractivity contribution < 1.29 is 18.1 Å². The molecular formula is C14H10F3N5O3. The monoisotopic (exact) mass is 353 g/mol. The largest absolute Gasteiger partial charge is 0.451 e. The van der Waals surface area contributed by atoms with Gasteiger partial charge in [0.25, 0.3) is 17.0 Å². The number of aryl methyl sites for hydroxylation is 1. The summed E-state index contributed by atoms with van der Waals surface area (Å²) < 4.78 is 38.8. The zero-order valence-electron chi connectivity index (χ0n) is 12.7. The molecule has 0 bridgehead atoms. The van der Waals surface area contributed by atoms with Crippen LogP contribution in [-0.4, -0.2) is 24.5 Å². The van der Waals surface area contributed by atoms with Crippen LogP contribution in [-0.2, 0) is 12.6 Å². The predicted molar refractivity (Wildman–Crippen MR) is 79.2 cm³/mol. The molecule has 0 fully saturated rings. The molecule has 0 amide bonds. The lowest BCUT2D eigenvalue weighted by Crippen LogP contribution is -2.22. The van der Waals surface area contributed by atoms with Gasteiger partial charge in [0.1, 0.15) is 0 Å². The van der Waals surface area contributed by atoms with Crippen molar-refractivity contribution in [1.82, 2.24) is 19.6 Å². The van der Waals surface area contributed by atoms with Gasteiger partial charge in [0.2, 0.25) is 5.82 Å². The summed E-state index contributed by atoms with van der Waals surface area (Å²) >= 11 is 0. The third-order valence-corrected chi connectivity index (χ3v) is 3.57. The van der Waals surface area contributed by atoms with E-state index in [4.69, 9.17) is 0 Å². The van der Waals surface area contributed by atoms with E-state index >= 15 is 0 Å². The number of nitrogens with zero attached hydrogens (tertiary/aromatic N) is 4. The van der Waals surface area contributed by atoms with Crippen LogP contribution < -0.4 is 5.56 Å². The molecule has 3 aromatic rings. The molecule has 0 atom stereocenters. The van der Waals surface area contributed by atoms with Crippen LogP contribution in [0.1, 0.15) is 22.6 Å². The highest BCUT2D eigenvalue weighted by atomic mass is 19.4. The van der Waals surface area contributed by atoms with Crippen molar-refractivity contribution in [2.24, 2.45) is 0 Å². The van der Waals surface area contributed by atoms with Gasteiger partial charge in [-0.05, 0) is 12.5 Å². The van der Waals surface area contributed by atoms with E-state index in [1.165, 1.54) is 25.1 Å². The summed E-state index contributed by atoms with van der Waals surface area (Å²) in [4.78, 5) is 29.9. The number of H-pyrrole nitrogens is 1. The maximum atomic E-state index is 12.7. The molecule has 1 aromatic carbocycles.